The Morgan fingerprint density at radius 2 is 1.86 bits per heavy atom. The number of carbonyl (C=O) groups is 1. The van der Waals surface area contributed by atoms with E-state index in [0.717, 1.165) is 32.2 Å². The average Bonchev–Trinajstić information content (AvgIpc) is 2.50. The second-order valence-electron chi connectivity index (χ2n) is 5.66. The van der Waals surface area contributed by atoms with Crippen LogP contribution in [-0.4, -0.2) is 25.7 Å². The number of nitrogens with one attached hydrogen (secondary N) is 1. The van der Waals surface area contributed by atoms with E-state index in [0.29, 0.717) is 12.5 Å². The predicted molar refractivity (Wildman–Crippen MR) is 90.5 cm³/mol. The van der Waals surface area contributed by atoms with Crippen molar-refractivity contribution in [3.05, 3.63) is 12.2 Å². The molecule has 21 heavy (non-hydrogen) atoms. The van der Waals surface area contributed by atoms with E-state index in [-0.39, 0.29) is 5.91 Å². The van der Waals surface area contributed by atoms with Crippen LogP contribution in [0.5, 0.6) is 0 Å². The van der Waals surface area contributed by atoms with Gasteiger partial charge in [-0.1, -0.05) is 58.1 Å². The first-order valence-corrected chi connectivity index (χ1v) is 8.69. The van der Waals surface area contributed by atoms with Gasteiger partial charge in [0.25, 0.3) is 0 Å². The van der Waals surface area contributed by atoms with Crippen molar-refractivity contribution >= 4 is 5.91 Å². The van der Waals surface area contributed by atoms with E-state index < -0.39 is 0 Å². The van der Waals surface area contributed by atoms with Gasteiger partial charge in [0, 0.05) is 20.1 Å². The van der Waals surface area contributed by atoms with Crippen LogP contribution in [0.1, 0.15) is 78.1 Å². The highest BCUT2D eigenvalue weighted by Gasteiger charge is 2.04. The smallest absolute Gasteiger partial charge is 0.220 e. The Kier molecular flexibility index (Phi) is 14.9. The molecule has 0 saturated carbocycles. The van der Waals surface area contributed by atoms with Crippen LogP contribution in [0.15, 0.2) is 12.2 Å². The van der Waals surface area contributed by atoms with E-state index in [1.54, 1.807) is 7.11 Å². The highest BCUT2D eigenvalue weighted by molar-refractivity contribution is 5.75. The van der Waals surface area contributed by atoms with E-state index in [2.05, 4.69) is 31.3 Å². The van der Waals surface area contributed by atoms with Crippen molar-refractivity contribution in [3.8, 4) is 0 Å². The minimum Gasteiger partial charge on any atom is -0.381 e. The maximum atomic E-state index is 11.4. The molecule has 3 heteroatoms. The van der Waals surface area contributed by atoms with Crippen molar-refractivity contribution in [3.63, 3.8) is 0 Å². The Hall–Kier alpha value is -0.830. The first-order valence-electron chi connectivity index (χ1n) is 8.69. The predicted octanol–water partition coefficient (Wildman–Crippen LogP) is 4.61. The molecule has 0 aromatic heterocycles. The van der Waals surface area contributed by atoms with Crippen LogP contribution in [0.2, 0.25) is 0 Å². The summed E-state index contributed by atoms with van der Waals surface area (Å²) in [5.41, 5.74) is 0. The first-order chi connectivity index (χ1) is 10.2. The van der Waals surface area contributed by atoms with Gasteiger partial charge in [0.2, 0.25) is 5.91 Å². The fourth-order valence-electron chi connectivity index (χ4n) is 2.24. The lowest BCUT2D eigenvalue weighted by molar-refractivity contribution is -0.121. The minimum atomic E-state index is 0.153. The quantitative estimate of drug-likeness (QED) is 0.375. The largest absolute Gasteiger partial charge is 0.381 e. The van der Waals surface area contributed by atoms with Crippen LogP contribution in [0.3, 0.4) is 0 Å². The molecule has 1 atom stereocenters. The molecular weight excluding hydrogens is 262 g/mol. The van der Waals surface area contributed by atoms with Gasteiger partial charge < -0.3 is 10.1 Å². The molecule has 3 nitrogen and oxygen atoms in total. The zero-order chi connectivity index (χ0) is 15.8. The maximum absolute atomic E-state index is 11.4. The van der Waals surface area contributed by atoms with Gasteiger partial charge in [-0.05, 0) is 25.7 Å². The number of methoxy groups -OCH3 is 1. The van der Waals surface area contributed by atoms with Crippen molar-refractivity contribution in [2.24, 2.45) is 0 Å². The van der Waals surface area contributed by atoms with Gasteiger partial charge in [0.1, 0.15) is 0 Å². The summed E-state index contributed by atoms with van der Waals surface area (Å²) in [6.07, 6.45) is 15.7. The Morgan fingerprint density at radius 1 is 1.10 bits per heavy atom. The van der Waals surface area contributed by atoms with Crippen molar-refractivity contribution in [2.45, 2.75) is 84.2 Å². The fraction of sp³-hybridized carbons (Fsp3) is 0.833. The van der Waals surface area contributed by atoms with E-state index in [9.17, 15) is 4.79 Å². The van der Waals surface area contributed by atoms with E-state index >= 15 is 0 Å². The molecule has 0 aromatic carbocycles. The monoisotopic (exact) mass is 297 g/mol. The number of hydrogen-bond acceptors (Lipinski definition) is 2. The second kappa shape index (κ2) is 15.6. The number of amides is 1. The number of hydrogen-bond donors (Lipinski definition) is 1. The third-order valence-corrected chi connectivity index (χ3v) is 3.64. The molecule has 0 unspecified atom stereocenters. The van der Waals surface area contributed by atoms with Gasteiger partial charge in [-0.2, -0.15) is 0 Å². The lowest BCUT2D eigenvalue weighted by atomic mass is 10.1. The molecule has 124 valence electrons. The van der Waals surface area contributed by atoms with Crippen molar-refractivity contribution in [1.82, 2.24) is 5.32 Å². The molecule has 0 saturated heterocycles. The summed E-state index contributed by atoms with van der Waals surface area (Å²) >= 11 is 0. The second-order valence-corrected chi connectivity index (χ2v) is 5.66. The standard InChI is InChI=1S/C18H35NO2/c1-4-6-7-8-10-13-17(21-3)14-11-9-12-15-18(20)19-16-5-2/h9,11,17H,4-8,10,12-16H2,1-3H3,(H,19,20)/b11-9+/t17-/m0/s1. The molecular formula is C18H35NO2. The summed E-state index contributed by atoms with van der Waals surface area (Å²) < 4.78 is 5.51. The normalized spacial score (nSPS) is 12.7. The topological polar surface area (TPSA) is 38.3 Å². The van der Waals surface area contributed by atoms with Crippen molar-refractivity contribution in [2.75, 3.05) is 13.7 Å². The molecule has 0 spiro atoms. The van der Waals surface area contributed by atoms with Gasteiger partial charge in [-0.25, -0.2) is 0 Å². The first kappa shape index (κ1) is 20.2. The van der Waals surface area contributed by atoms with Crippen LogP contribution in [0.4, 0.5) is 0 Å². The third kappa shape index (κ3) is 13.9. The van der Waals surface area contributed by atoms with Crippen LogP contribution < -0.4 is 5.32 Å². The lowest BCUT2D eigenvalue weighted by Gasteiger charge is -2.12. The molecule has 0 aliphatic rings. The zero-order valence-corrected chi connectivity index (χ0v) is 14.3. The summed E-state index contributed by atoms with van der Waals surface area (Å²) in [4.78, 5) is 11.4. The number of allylic oxidation sites excluding steroid dienone is 1. The van der Waals surface area contributed by atoms with Crippen LogP contribution in [-0.2, 0) is 9.53 Å². The van der Waals surface area contributed by atoms with Crippen LogP contribution in [0, 0.1) is 0 Å². The third-order valence-electron chi connectivity index (χ3n) is 3.64. The summed E-state index contributed by atoms with van der Waals surface area (Å²) in [6, 6.07) is 0. The lowest BCUT2D eigenvalue weighted by Crippen LogP contribution is -2.23. The van der Waals surface area contributed by atoms with Gasteiger partial charge >= 0.3 is 0 Å². The molecule has 1 amide bonds. The van der Waals surface area contributed by atoms with E-state index in [1.165, 1.54) is 32.1 Å². The fourth-order valence-corrected chi connectivity index (χ4v) is 2.24. The number of unbranched alkanes of at least 4 members (excludes halogenated alkanes) is 4. The Bertz CT molecular complexity index is 264. The number of ether oxygens (including phenoxy) is 1. The number of carbonyl (C=O) groups excluding carboxylic acids is 1. The molecule has 0 aliphatic carbocycles. The average molecular weight is 297 g/mol. The SMILES string of the molecule is CCCCCCC[C@@H](C/C=C/CCC(=O)NCCC)OC. The Balaban J connectivity index is 3.60. The van der Waals surface area contributed by atoms with E-state index in [1.807, 2.05) is 0 Å². The zero-order valence-electron chi connectivity index (χ0n) is 14.3. The molecule has 0 fully saturated rings. The summed E-state index contributed by atoms with van der Waals surface area (Å²) in [5, 5.41) is 2.89. The van der Waals surface area contributed by atoms with E-state index in [4.69, 9.17) is 4.74 Å². The van der Waals surface area contributed by atoms with Gasteiger partial charge in [-0.3, -0.25) is 4.79 Å². The van der Waals surface area contributed by atoms with Gasteiger partial charge in [-0.15, -0.1) is 0 Å². The van der Waals surface area contributed by atoms with Gasteiger partial charge in [0.15, 0.2) is 0 Å². The summed E-state index contributed by atoms with van der Waals surface area (Å²) in [7, 11) is 1.79. The highest BCUT2D eigenvalue weighted by Crippen LogP contribution is 2.12. The Morgan fingerprint density at radius 3 is 2.52 bits per heavy atom. The Labute approximate surface area is 131 Å². The van der Waals surface area contributed by atoms with Crippen molar-refractivity contribution < 1.29 is 9.53 Å². The molecule has 0 aromatic rings. The minimum absolute atomic E-state index is 0.153. The molecule has 1 N–H and O–H groups in total. The highest BCUT2D eigenvalue weighted by atomic mass is 16.5. The molecule has 0 heterocycles. The maximum Gasteiger partial charge on any atom is 0.220 e. The van der Waals surface area contributed by atoms with Gasteiger partial charge in [0.05, 0.1) is 6.10 Å². The van der Waals surface area contributed by atoms with Crippen molar-refractivity contribution in [1.29, 1.82) is 0 Å². The molecule has 0 radical (unpaired) electrons. The summed E-state index contributed by atoms with van der Waals surface area (Å²) in [6.45, 7) is 5.09. The molecule has 0 bridgehead atoms. The molecule has 0 rings (SSSR count). The van der Waals surface area contributed by atoms with Crippen LogP contribution in [0.25, 0.3) is 0 Å². The number of rotatable bonds is 14. The molecule has 0 aliphatic heterocycles. The van der Waals surface area contributed by atoms with Crippen LogP contribution >= 0.6 is 0 Å². The summed E-state index contributed by atoms with van der Waals surface area (Å²) in [5.74, 6) is 0.153.